The SMILES string of the molecule is C#Cc1c(F)ccc2cc(C)cc(-c3c(F)c4nc(CCC56CCCN5CCC6)nc(N5C6CCC5CN(C)C6)c4c4cn(C)nc34)c12.FC(F)(F)C1CCC1. The van der Waals surface area contributed by atoms with Gasteiger partial charge in [0.15, 0.2) is 5.82 Å². The molecule has 0 spiro atoms. The van der Waals surface area contributed by atoms with Crippen molar-refractivity contribution in [1.82, 2.24) is 29.5 Å². The Hall–Kier alpha value is -4.34. The van der Waals surface area contributed by atoms with E-state index in [9.17, 15) is 13.2 Å². The average molecular weight is 770 g/mol. The van der Waals surface area contributed by atoms with Gasteiger partial charge in [0.2, 0.25) is 0 Å². The van der Waals surface area contributed by atoms with Crippen LogP contribution in [0.15, 0.2) is 30.5 Å². The number of piperazine rings is 1. The molecule has 0 amide bonds. The van der Waals surface area contributed by atoms with Crippen LogP contribution < -0.4 is 4.90 Å². The van der Waals surface area contributed by atoms with Crippen LogP contribution in [0.2, 0.25) is 0 Å². The first-order chi connectivity index (χ1) is 26.8. The molecule has 2 aromatic heterocycles. The molecule has 3 aromatic carbocycles. The van der Waals surface area contributed by atoms with Crippen LogP contribution in [0.1, 0.15) is 81.2 Å². The number of nitrogens with zero attached hydrogens (tertiary/aromatic N) is 7. The molecular weight excluding hydrogens is 722 g/mol. The van der Waals surface area contributed by atoms with E-state index in [1.54, 1.807) is 10.7 Å². The maximum atomic E-state index is 17.7. The van der Waals surface area contributed by atoms with Gasteiger partial charge in [-0.1, -0.05) is 30.5 Å². The zero-order valence-electron chi connectivity index (χ0n) is 32.3. The second kappa shape index (κ2) is 13.9. The molecular formula is C44H48F5N7. The van der Waals surface area contributed by atoms with E-state index in [0.717, 1.165) is 74.0 Å². The lowest BCUT2D eigenvalue weighted by Crippen LogP contribution is -2.53. The van der Waals surface area contributed by atoms with Crippen molar-refractivity contribution >= 4 is 38.4 Å². The quantitative estimate of drug-likeness (QED) is 0.131. The molecule has 5 aromatic rings. The number of fused-ring (bicyclic) bond motifs is 7. The Morgan fingerprint density at radius 3 is 2.25 bits per heavy atom. The molecule has 10 rings (SSSR count). The zero-order valence-corrected chi connectivity index (χ0v) is 32.3. The van der Waals surface area contributed by atoms with Gasteiger partial charge in [-0.25, -0.2) is 18.7 Å². The number of likely N-dealkylation sites (tertiary alicyclic amines) is 1. The smallest absolute Gasteiger partial charge is 0.347 e. The van der Waals surface area contributed by atoms with Crippen molar-refractivity contribution in [2.75, 3.05) is 38.1 Å². The third-order valence-corrected chi connectivity index (χ3v) is 13.4. The van der Waals surface area contributed by atoms with Gasteiger partial charge in [0.25, 0.3) is 0 Å². The van der Waals surface area contributed by atoms with Crippen LogP contribution >= 0.6 is 0 Å². The van der Waals surface area contributed by atoms with E-state index >= 15 is 8.78 Å². The predicted molar refractivity (Wildman–Crippen MR) is 211 cm³/mol. The molecule has 1 aliphatic carbocycles. The summed E-state index contributed by atoms with van der Waals surface area (Å²) in [5.74, 6) is 2.16. The van der Waals surface area contributed by atoms with E-state index in [-0.39, 0.29) is 11.1 Å². The van der Waals surface area contributed by atoms with E-state index in [1.165, 1.54) is 31.7 Å². The van der Waals surface area contributed by atoms with Crippen molar-refractivity contribution in [3.05, 3.63) is 59.0 Å². The number of anilines is 1. The number of likely N-dealkylation sites (N-methyl/N-ethyl adjacent to an activating group) is 1. The van der Waals surface area contributed by atoms with Crippen LogP contribution in [-0.2, 0) is 13.5 Å². The highest BCUT2D eigenvalue weighted by Crippen LogP contribution is 2.47. The Morgan fingerprint density at radius 1 is 0.911 bits per heavy atom. The van der Waals surface area contributed by atoms with Gasteiger partial charge in [0, 0.05) is 66.7 Å². The van der Waals surface area contributed by atoms with Crippen molar-refractivity contribution in [1.29, 1.82) is 0 Å². The van der Waals surface area contributed by atoms with Gasteiger partial charge in [-0.3, -0.25) is 9.58 Å². The summed E-state index contributed by atoms with van der Waals surface area (Å²) in [6.45, 7) is 6.18. The number of benzene rings is 3. The molecule has 5 fully saturated rings. The number of terminal acetylenes is 1. The predicted octanol–water partition coefficient (Wildman–Crippen LogP) is 9.10. The molecule has 4 aliphatic heterocycles. The summed E-state index contributed by atoms with van der Waals surface area (Å²) in [6.07, 6.45) is 14.1. The number of alkyl halides is 3. The number of hydrogen-bond acceptors (Lipinski definition) is 6. The monoisotopic (exact) mass is 769 g/mol. The van der Waals surface area contributed by atoms with Crippen molar-refractivity contribution in [2.45, 2.75) is 101 Å². The Morgan fingerprint density at radius 2 is 1.62 bits per heavy atom. The summed E-state index contributed by atoms with van der Waals surface area (Å²) in [4.78, 5) is 18.0. The van der Waals surface area contributed by atoms with Crippen molar-refractivity contribution in [3.63, 3.8) is 0 Å². The summed E-state index contributed by atoms with van der Waals surface area (Å²) in [7, 11) is 4.04. The lowest BCUT2D eigenvalue weighted by molar-refractivity contribution is -0.193. The fourth-order valence-corrected chi connectivity index (χ4v) is 10.6. The summed E-state index contributed by atoms with van der Waals surface area (Å²) in [5.41, 5.74) is 2.91. The molecule has 0 radical (unpaired) electrons. The molecule has 2 unspecified atom stereocenters. The minimum absolute atomic E-state index is 0.126. The molecule has 294 valence electrons. The first-order valence-corrected chi connectivity index (χ1v) is 20.2. The molecule has 7 nitrogen and oxygen atoms in total. The number of aryl methyl sites for hydroxylation is 3. The van der Waals surface area contributed by atoms with Crippen LogP contribution in [0, 0.1) is 36.8 Å². The average Bonchev–Trinajstić information content (AvgIpc) is 3.87. The van der Waals surface area contributed by atoms with Gasteiger partial charge in [0.05, 0.1) is 16.9 Å². The standard InChI is InChI=1S/C39H41F2N7.C5H7F3/c1-5-27-30(40)11-8-24-18-23(2)19-28(32(24)27)33-35(41)37-34(29-22-46(4)44-36(29)33)38(48-25-9-10-26(48)21-45(3)20-25)43-31(42-37)12-15-39-13-6-16-47(39)17-7-14-39;6-5(7,8)4-2-1-3-4/h1,8,11,18-19,22,25-26H,6-7,9-10,12-17,20-21H2,2-4H3;4H,1-3H2. The highest BCUT2D eigenvalue weighted by molar-refractivity contribution is 6.18. The molecule has 4 saturated heterocycles. The summed E-state index contributed by atoms with van der Waals surface area (Å²) >= 11 is 0. The van der Waals surface area contributed by atoms with Crippen LogP contribution in [0.5, 0.6) is 0 Å². The van der Waals surface area contributed by atoms with E-state index in [1.807, 2.05) is 32.3 Å². The number of hydrogen-bond donors (Lipinski definition) is 0. The second-order valence-electron chi connectivity index (χ2n) is 17.0. The lowest BCUT2D eigenvalue weighted by Gasteiger charge is -2.41. The van der Waals surface area contributed by atoms with Gasteiger partial charge < -0.3 is 9.80 Å². The maximum Gasteiger partial charge on any atom is 0.391 e. The van der Waals surface area contributed by atoms with E-state index in [2.05, 4.69) is 27.7 Å². The third-order valence-electron chi connectivity index (χ3n) is 13.4. The number of halogens is 5. The number of aromatic nitrogens is 4. The molecule has 2 bridgehead atoms. The van der Waals surface area contributed by atoms with Crippen molar-refractivity contribution in [3.8, 4) is 23.5 Å². The fourth-order valence-electron chi connectivity index (χ4n) is 10.6. The van der Waals surface area contributed by atoms with Crippen LogP contribution in [0.25, 0.3) is 43.7 Å². The Kier molecular flexibility index (Phi) is 9.27. The van der Waals surface area contributed by atoms with Gasteiger partial charge in [-0.05, 0) is 107 Å². The van der Waals surface area contributed by atoms with Gasteiger partial charge in [0.1, 0.15) is 28.5 Å². The van der Waals surface area contributed by atoms with Gasteiger partial charge >= 0.3 is 6.18 Å². The normalized spacial score (nSPS) is 22.4. The van der Waals surface area contributed by atoms with Crippen LogP contribution in [-0.4, -0.2) is 86.6 Å². The maximum absolute atomic E-state index is 17.7. The minimum atomic E-state index is -3.90. The van der Waals surface area contributed by atoms with Crippen molar-refractivity contribution < 1.29 is 22.0 Å². The molecule has 5 aliphatic rings. The largest absolute Gasteiger partial charge is 0.391 e. The molecule has 1 saturated carbocycles. The van der Waals surface area contributed by atoms with Crippen LogP contribution in [0.3, 0.4) is 0 Å². The van der Waals surface area contributed by atoms with Crippen LogP contribution in [0.4, 0.5) is 27.8 Å². The molecule has 56 heavy (non-hydrogen) atoms. The number of rotatable bonds is 5. The zero-order chi connectivity index (χ0) is 39.1. The highest BCUT2D eigenvalue weighted by atomic mass is 19.4. The lowest BCUT2D eigenvalue weighted by atomic mass is 9.85. The summed E-state index contributed by atoms with van der Waals surface area (Å²) in [5, 5.41) is 7.65. The van der Waals surface area contributed by atoms with Gasteiger partial charge in [-0.15, -0.1) is 6.42 Å². The Balaban J connectivity index is 0.000000459. The van der Waals surface area contributed by atoms with E-state index < -0.39 is 23.7 Å². The first-order valence-electron chi connectivity index (χ1n) is 20.2. The van der Waals surface area contributed by atoms with Crippen molar-refractivity contribution in [2.24, 2.45) is 13.0 Å². The molecule has 6 heterocycles. The molecule has 2 atom stereocenters. The second-order valence-corrected chi connectivity index (χ2v) is 17.0. The topological polar surface area (TPSA) is 53.3 Å². The molecule has 12 heteroatoms. The van der Waals surface area contributed by atoms with Gasteiger partial charge in [-0.2, -0.15) is 18.3 Å². The minimum Gasteiger partial charge on any atom is -0.347 e. The Labute approximate surface area is 324 Å². The van der Waals surface area contributed by atoms with E-state index in [0.29, 0.717) is 70.1 Å². The summed E-state index contributed by atoms with van der Waals surface area (Å²) in [6, 6.07) is 7.57. The van der Waals surface area contributed by atoms with E-state index in [4.69, 9.17) is 21.5 Å². The fraction of sp³-hybridized carbons (Fsp3) is 0.523. The molecule has 0 N–H and O–H groups in total. The Bertz CT molecular complexity index is 2370. The third kappa shape index (κ3) is 6.20. The first kappa shape index (κ1) is 37.2. The highest BCUT2D eigenvalue weighted by Gasteiger charge is 2.45. The summed E-state index contributed by atoms with van der Waals surface area (Å²) < 4.78 is 69.2.